The molecular formula is C8H18O9S2. The first-order valence-corrected chi connectivity index (χ1v) is 8.35. The molecule has 11 heteroatoms. The van der Waals surface area contributed by atoms with Gasteiger partial charge in [0.2, 0.25) is 0 Å². The first-order valence-electron chi connectivity index (χ1n) is 5.35. The number of rotatable bonds is 10. The molecule has 4 N–H and O–H groups in total. The van der Waals surface area contributed by atoms with Gasteiger partial charge in [-0.3, -0.25) is 9.11 Å². The lowest BCUT2D eigenvalue weighted by Crippen LogP contribution is -2.32. The van der Waals surface area contributed by atoms with Gasteiger partial charge in [-0.2, -0.15) is 16.8 Å². The van der Waals surface area contributed by atoms with E-state index >= 15 is 0 Å². The Hall–Kier alpha value is -0.300. The van der Waals surface area contributed by atoms with Crippen molar-refractivity contribution in [3.63, 3.8) is 0 Å². The molecule has 0 aliphatic heterocycles. The van der Waals surface area contributed by atoms with Crippen molar-refractivity contribution in [2.45, 2.75) is 23.3 Å². The van der Waals surface area contributed by atoms with Crippen LogP contribution in [-0.2, 0) is 25.0 Å². The molecule has 2 atom stereocenters. The summed E-state index contributed by atoms with van der Waals surface area (Å²) in [5.41, 5.74) is 0. The van der Waals surface area contributed by atoms with Crippen LogP contribution in [0, 0.1) is 0 Å². The first-order chi connectivity index (χ1) is 8.62. The molecule has 0 rings (SSSR count). The summed E-state index contributed by atoms with van der Waals surface area (Å²) in [6, 6.07) is 0. The van der Waals surface area contributed by atoms with Crippen molar-refractivity contribution in [2.75, 3.05) is 26.4 Å². The van der Waals surface area contributed by atoms with E-state index in [-0.39, 0.29) is 12.8 Å². The largest absolute Gasteiger partial charge is 0.396 e. The Labute approximate surface area is 111 Å². The van der Waals surface area contributed by atoms with Crippen LogP contribution < -0.4 is 0 Å². The SMILES string of the molecule is O=S(=O)(O)C(CCO)COCC(CCO)S(=O)(=O)O. The lowest BCUT2D eigenvalue weighted by Gasteiger charge is -2.16. The molecule has 0 aliphatic carbocycles. The van der Waals surface area contributed by atoms with Gasteiger partial charge in [-0.1, -0.05) is 0 Å². The van der Waals surface area contributed by atoms with Crippen LogP contribution in [0.25, 0.3) is 0 Å². The number of aliphatic hydroxyl groups excluding tert-OH is 2. The summed E-state index contributed by atoms with van der Waals surface area (Å²) in [5, 5.41) is 14.5. The molecule has 0 fully saturated rings. The summed E-state index contributed by atoms with van der Waals surface area (Å²) in [6.45, 7) is -2.05. The Bertz CT molecular complexity index is 399. The van der Waals surface area contributed by atoms with E-state index in [9.17, 15) is 16.8 Å². The van der Waals surface area contributed by atoms with E-state index in [1.165, 1.54) is 0 Å². The minimum atomic E-state index is -4.42. The van der Waals surface area contributed by atoms with Crippen molar-refractivity contribution in [3.8, 4) is 0 Å². The molecule has 19 heavy (non-hydrogen) atoms. The molecule has 9 nitrogen and oxygen atoms in total. The molecule has 0 saturated carbocycles. The Kier molecular flexibility index (Phi) is 7.96. The maximum atomic E-state index is 10.9. The summed E-state index contributed by atoms with van der Waals surface area (Å²) < 4.78 is 65.9. The second-order valence-corrected chi connectivity index (χ2v) is 7.23. The fourth-order valence-electron chi connectivity index (χ4n) is 1.26. The molecule has 0 aromatic rings. The lowest BCUT2D eigenvalue weighted by molar-refractivity contribution is 0.117. The van der Waals surface area contributed by atoms with E-state index in [1.807, 2.05) is 0 Å². The molecular weight excluding hydrogens is 304 g/mol. The molecule has 0 spiro atoms. The van der Waals surface area contributed by atoms with Gasteiger partial charge >= 0.3 is 0 Å². The summed E-state index contributed by atoms with van der Waals surface area (Å²) in [4.78, 5) is 0. The predicted molar refractivity (Wildman–Crippen MR) is 64.9 cm³/mol. The van der Waals surface area contributed by atoms with E-state index in [1.54, 1.807) is 0 Å². The third-order valence-electron chi connectivity index (χ3n) is 2.35. The van der Waals surface area contributed by atoms with E-state index < -0.39 is 57.2 Å². The summed E-state index contributed by atoms with van der Waals surface area (Å²) >= 11 is 0. The van der Waals surface area contributed by atoms with Crippen molar-refractivity contribution in [2.24, 2.45) is 0 Å². The van der Waals surface area contributed by atoms with Gasteiger partial charge in [0.25, 0.3) is 20.2 Å². The van der Waals surface area contributed by atoms with Crippen LogP contribution >= 0.6 is 0 Å². The van der Waals surface area contributed by atoms with Crippen LogP contribution in [0.4, 0.5) is 0 Å². The molecule has 0 aliphatic rings. The first kappa shape index (κ1) is 18.7. The molecule has 0 aromatic heterocycles. The monoisotopic (exact) mass is 322 g/mol. The van der Waals surface area contributed by atoms with Crippen molar-refractivity contribution < 1.29 is 40.9 Å². The zero-order valence-electron chi connectivity index (χ0n) is 10.0. The highest BCUT2D eigenvalue weighted by Crippen LogP contribution is 2.08. The minimum absolute atomic E-state index is 0.268. The Morgan fingerprint density at radius 3 is 1.32 bits per heavy atom. The van der Waals surface area contributed by atoms with E-state index in [0.29, 0.717) is 0 Å². The normalized spacial score (nSPS) is 16.2. The summed E-state index contributed by atoms with van der Waals surface area (Å²) in [6.07, 6.45) is -0.537. The Morgan fingerprint density at radius 1 is 0.789 bits per heavy atom. The van der Waals surface area contributed by atoms with Gasteiger partial charge in [0.15, 0.2) is 0 Å². The van der Waals surface area contributed by atoms with Crippen molar-refractivity contribution in [3.05, 3.63) is 0 Å². The van der Waals surface area contributed by atoms with Crippen molar-refractivity contribution in [1.82, 2.24) is 0 Å². The fourth-order valence-corrected chi connectivity index (χ4v) is 2.60. The zero-order valence-corrected chi connectivity index (χ0v) is 11.7. The van der Waals surface area contributed by atoms with Crippen LogP contribution in [-0.4, -0.2) is 73.1 Å². The van der Waals surface area contributed by atoms with Crippen LogP contribution in [0.2, 0.25) is 0 Å². The van der Waals surface area contributed by atoms with Gasteiger partial charge in [0.05, 0.1) is 13.2 Å². The molecule has 0 bridgehead atoms. The van der Waals surface area contributed by atoms with Gasteiger partial charge in [-0.05, 0) is 12.8 Å². The molecule has 0 radical (unpaired) electrons. The average Bonchev–Trinajstić information content (AvgIpc) is 2.23. The van der Waals surface area contributed by atoms with Gasteiger partial charge < -0.3 is 14.9 Å². The summed E-state index contributed by atoms with van der Waals surface area (Å²) in [5.74, 6) is 0. The molecule has 2 unspecified atom stereocenters. The van der Waals surface area contributed by atoms with Gasteiger partial charge in [-0.25, -0.2) is 0 Å². The predicted octanol–water partition coefficient (Wildman–Crippen LogP) is -1.72. The average molecular weight is 322 g/mol. The van der Waals surface area contributed by atoms with Gasteiger partial charge in [0, 0.05) is 13.2 Å². The number of hydrogen-bond acceptors (Lipinski definition) is 7. The standard InChI is InChI=1S/C8H18O9S2/c9-3-1-7(18(11,12)13)5-17-6-8(2-4-10)19(14,15)16/h7-10H,1-6H2,(H,11,12,13)(H,14,15,16). The number of ether oxygens (including phenoxy) is 1. The second kappa shape index (κ2) is 8.09. The van der Waals surface area contributed by atoms with Crippen LogP contribution in [0.5, 0.6) is 0 Å². The second-order valence-electron chi connectivity index (χ2n) is 3.84. The highest BCUT2D eigenvalue weighted by atomic mass is 32.2. The molecule has 0 amide bonds. The minimum Gasteiger partial charge on any atom is -0.396 e. The third kappa shape index (κ3) is 7.77. The fraction of sp³-hybridized carbons (Fsp3) is 1.00. The smallest absolute Gasteiger partial charge is 0.270 e. The van der Waals surface area contributed by atoms with E-state index in [4.69, 9.17) is 24.1 Å². The Balaban J connectivity index is 4.46. The van der Waals surface area contributed by atoms with Crippen molar-refractivity contribution in [1.29, 1.82) is 0 Å². The lowest BCUT2D eigenvalue weighted by atomic mass is 10.3. The highest BCUT2D eigenvalue weighted by molar-refractivity contribution is 7.86. The number of hydrogen-bond donors (Lipinski definition) is 4. The van der Waals surface area contributed by atoms with Gasteiger partial charge in [-0.15, -0.1) is 0 Å². The van der Waals surface area contributed by atoms with E-state index in [0.717, 1.165) is 0 Å². The molecule has 0 saturated heterocycles. The zero-order chi connectivity index (χ0) is 15.1. The van der Waals surface area contributed by atoms with Crippen LogP contribution in [0.15, 0.2) is 0 Å². The molecule has 0 heterocycles. The summed E-state index contributed by atoms with van der Waals surface area (Å²) in [7, 11) is -8.84. The maximum absolute atomic E-state index is 10.9. The molecule has 0 aromatic carbocycles. The molecule has 116 valence electrons. The topological polar surface area (TPSA) is 158 Å². The maximum Gasteiger partial charge on any atom is 0.270 e. The van der Waals surface area contributed by atoms with Crippen molar-refractivity contribution >= 4 is 20.2 Å². The van der Waals surface area contributed by atoms with Crippen LogP contribution in [0.1, 0.15) is 12.8 Å². The number of aliphatic hydroxyl groups is 2. The van der Waals surface area contributed by atoms with Crippen LogP contribution in [0.3, 0.4) is 0 Å². The Morgan fingerprint density at radius 2 is 1.11 bits per heavy atom. The third-order valence-corrected chi connectivity index (χ3v) is 4.78. The quantitative estimate of drug-likeness (QED) is 0.343. The highest BCUT2D eigenvalue weighted by Gasteiger charge is 2.26. The van der Waals surface area contributed by atoms with E-state index in [2.05, 4.69) is 0 Å². The van der Waals surface area contributed by atoms with Gasteiger partial charge in [0.1, 0.15) is 10.5 Å².